The second-order valence-corrected chi connectivity index (χ2v) is 10.3. The fourth-order valence-corrected chi connectivity index (χ4v) is 6.65. The Morgan fingerprint density at radius 3 is 2.76 bits per heavy atom. The summed E-state index contributed by atoms with van der Waals surface area (Å²) in [5.74, 6) is 0.536. The first kappa shape index (κ1) is 22.3. The third-order valence-electron chi connectivity index (χ3n) is 8.29. The van der Waals surface area contributed by atoms with Gasteiger partial charge in [0.25, 0.3) is 0 Å². The monoisotopic (exact) mass is 455 g/mol. The van der Waals surface area contributed by atoms with Crippen molar-refractivity contribution in [2.75, 3.05) is 20.8 Å². The average molecular weight is 456 g/mol. The number of aliphatic hydroxyl groups is 1. The lowest BCUT2D eigenvalue weighted by Gasteiger charge is -2.55. The summed E-state index contributed by atoms with van der Waals surface area (Å²) < 4.78 is 18.1. The summed E-state index contributed by atoms with van der Waals surface area (Å²) in [4.78, 5) is 12.5. The molecule has 2 aliphatic carbocycles. The van der Waals surface area contributed by atoms with E-state index in [-0.39, 0.29) is 35.2 Å². The molecule has 6 atom stereocenters. The number of ether oxygens (including phenoxy) is 3. The van der Waals surface area contributed by atoms with E-state index in [1.54, 1.807) is 18.9 Å². The van der Waals surface area contributed by atoms with Crippen LogP contribution in [0.1, 0.15) is 39.0 Å². The van der Waals surface area contributed by atoms with Crippen LogP contribution in [0.4, 0.5) is 0 Å². The molecule has 178 valence electrons. The van der Waals surface area contributed by atoms with Crippen LogP contribution < -0.4 is 4.74 Å². The molecule has 0 radical (unpaired) electrons. The third kappa shape index (κ3) is 3.93. The van der Waals surface area contributed by atoms with Crippen LogP contribution in [0.2, 0.25) is 0 Å². The second-order valence-electron chi connectivity index (χ2n) is 10.3. The van der Waals surface area contributed by atoms with E-state index in [0.29, 0.717) is 19.6 Å². The highest BCUT2D eigenvalue weighted by atomic mass is 16.6. The normalized spacial score (nSPS) is 35.6. The van der Waals surface area contributed by atoms with Gasteiger partial charge in [-0.15, -0.1) is 5.10 Å². The second kappa shape index (κ2) is 8.40. The molecule has 3 fully saturated rings. The Balaban J connectivity index is 1.38. The van der Waals surface area contributed by atoms with Crippen LogP contribution in [-0.4, -0.2) is 58.6 Å². The molecule has 1 saturated heterocycles. The molecule has 0 amide bonds. The van der Waals surface area contributed by atoms with Crippen LogP contribution in [-0.2, 0) is 20.8 Å². The van der Waals surface area contributed by atoms with E-state index in [9.17, 15) is 9.90 Å². The number of benzene rings is 1. The van der Waals surface area contributed by atoms with Crippen molar-refractivity contribution in [3.8, 4) is 17.0 Å². The number of esters is 1. The van der Waals surface area contributed by atoms with Crippen LogP contribution in [0.15, 0.2) is 30.5 Å². The molecular weight excluding hydrogens is 422 g/mol. The number of methoxy groups -OCH3 is 2. The maximum absolute atomic E-state index is 12.5. The molecule has 2 aromatic rings. The number of nitrogens with zero attached hydrogens (tertiary/aromatic N) is 3. The van der Waals surface area contributed by atoms with Gasteiger partial charge in [0.1, 0.15) is 17.5 Å². The molecule has 0 spiro atoms. The lowest BCUT2D eigenvalue weighted by molar-refractivity contribution is -0.165. The molecule has 8 heteroatoms. The highest BCUT2D eigenvalue weighted by molar-refractivity contribution is 5.75. The van der Waals surface area contributed by atoms with Gasteiger partial charge in [0, 0.05) is 18.6 Å². The highest BCUT2D eigenvalue weighted by Gasteiger charge is 2.60. The van der Waals surface area contributed by atoms with Gasteiger partial charge in [-0.25, -0.2) is 4.68 Å². The molecule has 2 heterocycles. The van der Waals surface area contributed by atoms with Gasteiger partial charge in [0.05, 0.1) is 38.0 Å². The van der Waals surface area contributed by atoms with Crippen LogP contribution in [0.5, 0.6) is 5.75 Å². The van der Waals surface area contributed by atoms with E-state index in [1.165, 1.54) is 0 Å². The number of carbonyl (C=O) groups is 1. The summed E-state index contributed by atoms with van der Waals surface area (Å²) >= 11 is 0. The summed E-state index contributed by atoms with van der Waals surface area (Å²) in [5.41, 5.74) is 0.729. The van der Waals surface area contributed by atoms with Gasteiger partial charge in [-0.2, -0.15) is 0 Å². The standard InChI is InChI=1S/C25H33N3O5/c1-24-9-4-10-25(30,22(24)11-18-19(14-31-2)23(29)33-21(18)12-24)15-28-13-20(26-27-28)16-5-7-17(32-3)8-6-16/h5-8,13,18-19,21-22,30H,4,9-12,14-15H2,1-3H3/t18-,19-,21-,22-,24-,25+/m1/s1. The lowest BCUT2D eigenvalue weighted by Crippen LogP contribution is -2.57. The summed E-state index contributed by atoms with van der Waals surface area (Å²) in [6, 6.07) is 7.70. The Bertz CT molecular complexity index is 1010. The summed E-state index contributed by atoms with van der Waals surface area (Å²) in [7, 11) is 3.26. The Kier molecular flexibility index (Phi) is 5.69. The first-order valence-corrected chi connectivity index (χ1v) is 11.8. The molecule has 5 rings (SSSR count). The molecule has 1 aromatic carbocycles. The van der Waals surface area contributed by atoms with Crippen molar-refractivity contribution in [3.05, 3.63) is 30.5 Å². The van der Waals surface area contributed by atoms with Crippen LogP contribution in [0, 0.1) is 23.2 Å². The van der Waals surface area contributed by atoms with Gasteiger partial charge in [0.2, 0.25) is 0 Å². The SMILES string of the molecule is COC[C@H]1C(=O)O[C@@H]2C[C@@]3(C)CCC[C@](O)(Cn4cc(-c5ccc(OC)cc5)nn4)[C@@H]3C[C@@H]21. The molecule has 1 N–H and O–H groups in total. The van der Waals surface area contributed by atoms with Crippen LogP contribution >= 0.6 is 0 Å². The molecule has 1 aliphatic heterocycles. The minimum atomic E-state index is -0.911. The van der Waals surface area contributed by atoms with Crippen LogP contribution in [0.25, 0.3) is 11.3 Å². The Morgan fingerprint density at radius 1 is 1.24 bits per heavy atom. The zero-order valence-corrected chi connectivity index (χ0v) is 19.6. The molecule has 33 heavy (non-hydrogen) atoms. The smallest absolute Gasteiger partial charge is 0.311 e. The highest BCUT2D eigenvalue weighted by Crippen LogP contribution is 2.58. The van der Waals surface area contributed by atoms with Gasteiger partial charge >= 0.3 is 5.97 Å². The van der Waals surface area contributed by atoms with Crippen LogP contribution in [0.3, 0.4) is 0 Å². The fraction of sp³-hybridized carbons (Fsp3) is 0.640. The number of carbonyl (C=O) groups excluding carboxylic acids is 1. The first-order valence-electron chi connectivity index (χ1n) is 11.8. The number of aromatic nitrogens is 3. The van der Waals surface area contributed by atoms with Gasteiger partial charge in [0.15, 0.2) is 0 Å². The first-order chi connectivity index (χ1) is 15.8. The molecule has 1 aromatic heterocycles. The maximum atomic E-state index is 12.5. The zero-order valence-electron chi connectivity index (χ0n) is 19.6. The van der Waals surface area contributed by atoms with E-state index < -0.39 is 5.60 Å². The molecular formula is C25H33N3O5. The number of hydrogen-bond acceptors (Lipinski definition) is 7. The summed E-state index contributed by atoms with van der Waals surface area (Å²) in [5, 5.41) is 20.6. The minimum Gasteiger partial charge on any atom is -0.497 e. The molecule has 8 nitrogen and oxygen atoms in total. The predicted molar refractivity (Wildman–Crippen MR) is 120 cm³/mol. The molecule has 3 aliphatic rings. The quantitative estimate of drug-likeness (QED) is 0.669. The third-order valence-corrected chi connectivity index (χ3v) is 8.29. The fourth-order valence-electron chi connectivity index (χ4n) is 6.65. The van der Waals surface area contributed by atoms with E-state index in [4.69, 9.17) is 14.2 Å². The van der Waals surface area contributed by atoms with E-state index >= 15 is 0 Å². The topological polar surface area (TPSA) is 95.7 Å². The predicted octanol–water partition coefficient (Wildman–Crippen LogP) is 3.09. The van der Waals surface area contributed by atoms with Crippen molar-refractivity contribution in [2.24, 2.45) is 23.2 Å². The van der Waals surface area contributed by atoms with Crippen molar-refractivity contribution in [2.45, 2.75) is 57.3 Å². The number of hydrogen-bond donors (Lipinski definition) is 1. The average Bonchev–Trinajstić information content (AvgIpc) is 3.36. The van der Waals surface area contributed by atoms with Gasteiger partial charge in [-0.1, -0.05) is 12.1 Å². The summed E-state index contributed by atoms with van der Waals surface area (Å²) in [6.45, 7) is 3.01. The summed E-state index contributed by atoms with van der Waals surface area (Å²) in [6.07, 6.45) is 6.07. The van der Waals surface area contributed by atoms with Crippen molar-refractivity contribution in [1.82, 2.24) is 15.0 Å². The van der Waals surface area contributed by atoms with E-state index in [0.717, 1.165) is 42.7 Å². The Labute approximate surface area is 194 Å². The van der Waals surface area contributed by atoms with Crippen molar-refractivity contribution < 1.29 is 24.1 Å². The minimum absolute atomic E-state index is 0.0579. The van der Waals surface area contributed by atoms with E-state index in [2.05, 4.69) is 17.2 Å². The molecule has 2 saturated carbocycles. The number of fused-ring (bicyclic) bond motifs is 2. The lowest BCUT2D eigenvalue weighted by atomic mass is 9.52. The molecule has 0 unspecified atom stereocenters. The van der Waals surface area contributed by atoms with Crippen molar-refractivity contribution in [3.63, 3.8) is 0 Å². The van der Waals surface area contributed by atoms with Gasteiger partial charge in [-0.3, -0.25) is 4.79 Å². The van der Waals surface area contributed by atoms with E-state index in [1.807, 2.05) is 30.5 Å². The van der Waals surface area contributed by atoms with Crippen molar-refractivity contribution >= 4 is 5.97 Å². The van der Waals surface area contributed by atoms with Gasteiger partial charge < -0.3 is 19.3 Å². The van der Waals surface area contributed by atoms with Gasteiger partial charge in [-0.05, 0) is 67.7 Å². The van der Waals surface area contributed by atoms with Crippen molar-refractivity contribution in [1.29, 1.82) is 0 Å². The maximum Gasteiger partial charge on any atom is 0.311 e. The molecule has 0 bridgehead atoms. The largest absolute Gasteiger partial charge is 0.497 e. The Hall–Kier alpha value is -2.45. The number of rotatable bonds is 6. The zero-order chi connectivity index (χ0) is 23.2. The Morgan fingerprint density at radius 2 is 2.03 bits per heavy atom.